The zero-order valence-electron chi connectivity index (χ0n) is 10.7. The molecule has 0 fully saturated rings. The first kappa shape index (κ1) is 12.8. The lowest BCUT2D eigenvalue weighted by molar-refractivity contribution is 0.470. The molecule has 0 radical (unpaired) electrons. The largest absolute Gasteiger partial charge is 0.508 e. The van der Waals surface area contributed by atoms with Gasteiger partial charge in [-0.15, -0.1) is 0 Å². The highest BCUT2D eigenvalue weighted by atomic mass is 35.5. The topological polar surface area (TPSA) is 45.1 Å². The monoisotopic (exact) mass is 284 g/mol. The Kier molecular flexibility index (Phi) is 3.44. The predicted octanol–water partition coefficient (Wildman–Crippen LogP) is 4.21. The van der Waals surface area contributed by atoms with Crippen molar-refractivity contribution < 1.29 is 5.11 Å². The summed E-state index contributed by atoms with van der Waals surface area (Å²) in [5.74, 6) is 0.961. The number of nitrogens with zero attached hydrogens (tertiary/aromatic N) is 1. The van der Waals surface area contributed by atoms with Crippen LogP contribution in [0.25, 0.3) is 10.8 Å². The van der Waals surface area contributed by atoms with Crippen molar-refractivity contribution in [1.82, 2.24) is 4.98 Å². The summed E-state index contributed by atoms with van der Waals surface area (Å²) in [5, 5.41) is 15.8. The van der Waals surface area contributed by atoms with Gasteiger partial charge >= 0.3 is 0 Å². The first-order chi connectivity index (χ1) is 9.74. The third kappa shape index (κ3) is 2.53. The Morgan fingerprint density at radius 2 is 1.85 bits per heavy atom. The van der Waals surface area contributed by atoms with E-state index in [1.807, 2.05) is 42.5 Å². The van der Waals surface area contributed by atoms with Gasteiger partial charge in [-0.2, -0.15) is 0 Å². The van der Waals surface area contributed by atoms with Crippen LogP contribution in [0.5, 0.6) is 5.75 Å². The predicted molar refractivity (Wildman–Crippen MR) is 82.2 cm³/mol. The molecule has 0 aliphatic carbocycles. The van der Waals surface area contributed by atoms with Gasteiger partial charge in [0.05, 0.1) is 0 Å². The maximum absolute atomic E-state index is 10.1. The second-order valence-electron chi connectivity index (χ2n) is 4.48. The van der Waals surface area contributed by atoms with Gasteiger partial charge in [0.1, 0.15) is 16.7 Å². The minimum Gasteiger partial charge on any atom is -0.508 e. The smallest absolute Gasteiger partial charge is 0.131 e. The molecule has 3 rings (SSSR count). The Morgan fingerprint density at radius 3 is 2.70 bits per heavy atom. The molecule has 0 saturated carbocycles. The molecule has 20 heavy (non-hydrogen) atoms. The molecule has 4 heteroatoms. The van der Waals surface area contributed by atoms with Crippen LogP contribution in [0.15, 0.2) is 54.6 Å². The number of hydrogen-bond donors (Lipinski definition) is 2. The third-order valence-corrected chi connectivity index (χ3v) is 3.39. The average molecular weight is 285 g/mol. The van der Waals surface area contributed by atoms with Gasteiger partial charge in [0, 0.05) is 12.1 Å². The molecule has 0 bridgehead atoms. The molecule has 3 aromatic rings. The number of aromatic hydroxyl groups is 1. The molecule has 0 spiro atoms. The highest BCUT2D eigenvalue weighted by Gasteiger charge is 2.06. The molecular weight excluding hydrogens is 272 g/mol. The molecule has 1 aromatic heterocycles. The van der Waals surface area contributed by atoms with E-state index in [4.69, 9.17) is 11.6 Å². The first-order valence-electron chi connectivity index (χ1n) is 6.30. The van der Waals surface area contributed by atoms with Gasteiger partial charge < -0.3 is 10.4 Å². The van der Waals surface area contributed by atoms with Crippen molar-refractivity contribution in [2.45, 2.75) is 6.54 Å². The molecular formula is C16H13ClN2O. The van der Waals surface area contributed by atoms with E-state index in [2.05, 4.69) is 10.3 Å². The number of phenols is 1. The van der Waals surface area contributed by atoms with E-state index in [0.29, 0.717) is 17.5 Å². The quantitative estimate of drug-likeness (QED) is 0.708. The highest BCUT2D eigenvalue weighted by molar-refractivity contribution is 6.29. The van der Waals surface area contributed by atoms with Crippen LogP contribution in [-0.4, -0.2) is 10.1 Å². The second kappa shape index (κ2) is 5.39. The number of fused-ring (bicyclic) bond motifs is 1. The summed E-state index contributed by atoms with van der Waals surface area (Å²) in [5.41, 5.74) is 0.852. The number of hydrogen-bond acceptors (Lipinski definition) is 3. The molecule has 2 N–H and O–H groups in total. The number of phenolic OH excluding ortho intramolecular Hbond substituents is 1. The van der Waals surface area contributed by atoms with Crippen molar-refractivity contribution in [1.29, 1.82) is 0 Å². The molecule has 100 valence electrons. The molecule has 0 saturated heterocycles. The maximum Gasteiger partial charge on any atom is 0.131 e. The number of rotatable bonds is 3. The summed E-state index contributed by atoms with van der Waals surface area (Å²) in [6.07, 6.45) is 0. The number of aromatic nitrogens is 1. The van der Waals surface area contributed by atoms with E-state index < -0.39 is 0 Å². The van der Waals surface area contributed by atoms with Crippen LogP contribution < -0.4 is 5.32 Å². The fourth-order valence-electron chi connectivity index (χ4n) is 2.20. The molecule has 0 unspecified atom stereocenters. The Bertz CT molecular complexity index is 758. The van der Waals surface area contributed by atoms with Crippen LogP contribution in [-0.2, 0) is 6.54 Å². The summed E-state index contributed by atoms with van der Waals surface area (Å²) >= 11 is 5.85. The van der Waals surface area contributed by atoms with Crippen LogP contribution >= 0.6 is 11.6 Å². The van der Waals surface area contributed by atoms with E-state index in [1.54, 1.807) is 12.1 Å². The lowest BCUT2D eigenvalue weighted by Crippen LogP contribution is -2.02. The van der Waals surface area contributed by atoms with Crippen molar-refractivity contribution in [2.75, 3.05) is 5.32 Å². The molecule has 2 aromatic carbocycles. The average Bonchev–Trinajstić information content (AvgIpc) is 2.46. The number of halogens is 1. The van der Waals surface area contributed by atoms with Crippen LogP contribution in [0.1, 0.15) is 5.56 Å². The van der Waals surface area contributed by atoms with E-state index in [-0.39, 0.29) is 5.75 Å². The van der Waals surface area contributed by atoms with Crippen molar-refractivity contribution in [3.63, 3.8) is 0 Å². The third-order valence-electron chi connectivity index (χ3n) is 3.18. The summed E-state index contributed by atoms with van der Waals surface area (Å²) in [6, 6.07) is 17.0. The fourth-order valence-corrected chi connectivity index (χ4v) is 2.36. The summed E-state index contributed by atoms with van der Waals surface area (Å²) in [7, 11) is 0. The van der Waals surface area contributed by atoms with Crippen molar-refractivity contribution in [2.24, 2.45) is 0 Å². The lowest BCUT2D eigenvalue weighted by atomic mass is 10.0. The Balaban J connectivity index is 1.92. The van der Waals surface area contributed by atoms with Gasteiger partial charge in [-0.05, 0) is 29.0 Å². The molecule has 1 heterocycles. The standard InChI is InChI=1S/C16H13ClN2O/c17-15-6-3-7-16(19-15)18-10-13-12-5-2-1-4-11(12)8-9-14(13)20/h1-9,20H,10H2,(H,18,19). The number of benzene rings is 2. The van der Waals surface area contributed by atoms with Crippen LogP contribution in [0.2, 0.25) is 5.15 Å². The minimum absolute atomic E-state index is 0.276. The second-order valence-corrected chi connectivity index (χ2v) is 4.87. The zero-order chi connectivity index (χ0) is 13.9. The first-order valence-corrected chi connectivity index (χ1v) is 6.68. The van der Waals surface area contributed by atoms with Gasteiger partial charge in [0.2, 0.25) is 0 Å². The number of pyridine rings is 1. The zero-order valence-corrected chi connectivity index (χ0v) is 11.4. The summed E-state index contributed by atoms with van der Waals surface area (Å²) in [6.45, 7) is 0.487. The van der Waals surface area contributed by atoms with Gasteiger partial charge in [-0.1, -0.05) is 48.0 Å². The Hall–Kier alpha value is -2.26. The Labute approximate surface area is 121 Å². The van der Waals surface area contributed by atoms with Crippen molar-refractivity contribution in [3.8, 4) is 5.75 Å². The van der Waals surface area contributed by atoms with Gasteiger partial charge in [-0.25, -0.2) is 4.98 Å². The molecule has 0 aliphatic rings. The van der Waals surface area contributed by atoms with Crippen molar-refractivity contribution >= 4 is 28.2 Å². The summed E-state index contributed by atoms with van der Waals surface area (Å²) < 4.78 is 0. The molecule has 3 nitrogen and oxygen atoms in total. The molecule has 0 amide bonds. The van der Waals surface area contributed by atoms with E-state index in [1.165, 1.54) is 0 Å². The van der Waals surface area contributed by atoms with Crippen LogP contribution in [0, 0.1) is 0 Å². The normalized spacial score (nSPS) is 10.7. The van der Waals surface area contributed by atoms with E-state index in [9.17, 15) is 5.11 Å². The summed E-state index contributed by atoms with van der Waals surface area (Å²) in [4.78, 5) is 4.17. The van der Waals surface area contributed by atoms with E-state index >= 15 is 0 Å². The molecule has 0 aliphatic heterocycles. The van der Waals surface area contributed by atoms with Crippen LogP contribution in [0.3, 0.4) is 0 Å². The lowest BCUT2D eigenvalue weighted by Gasteiger charge is -2.11. The fraction of sp³-hybridized carbons (Fsp3) is 0.0625. The van der Waals surface area contributed by atoms with Gasteiger partial charge in [-0.3, -0.25) is 0 Å². The number of anilines is 1. The minimum atomic E-state index is 0.276. The van der Waals surface area contributed by atoms with Gasteiger partial charge in [0.25, 0.3) is 0 Å². The van der Waals surface area contributed by atoms with Gasteiger partial charge in [0.15, 0.2) is 0 Å². The highest BCUT2D eigenvalue weighted by Crippen LogP contribution is 2.27. The SMILES string of the molecule is Oc1ccc2ccccc2c1CNc1cccc(Cl)n1. The number of nitrogens with one attached hydrogen (secondary N) is 1. The maximum atomic E-state index is 10.1. The Morgan fingerprint density at radius 1 is 1.00 bits per heavy atom. The van der Waals surface area contributed by atoms with E-state index in [0.717, 1.165) is 16.3 Å². The van der Waals surface area contributed by atoms with Crippen LogP contribution in [0.4, 0.5) is 5.82 Å². The van der Waals surface area contributed by atoms with Crippen molar-refractivity contribution in [3.05, 3.63) is 65.3 Å². The molecule has 0 atom stereocenters.